The van der Waals surface area contributed by atoms with Gasteiger partial charge in [-0.25, -0.2) is 4.68 Å². The van der Waals surface area contributed by atoms with Crippen molar-refractivity contribution >= 4 is 23.5 Å². The van der Waals surface area contributed by atoms with Crippen molar-refractivity contribution in [1.29, 1.82) is 0 Å². The number of nitrogens with zero attached hydrogens (tertiary/aromatic N) is 9. The summed E-state index contributed by atoms with van der Waals surface area (Å²) in [6, 6.07) is 4.13. The van der Waals surface area contributed by atoms with Crippen LogP contribution in [-0.2, 0) is 5.41 Å². The van der Waals surface area contributed by atoms with Gasteiger partial charge in [0.2, 0.25) is 0 Å². The first kappa shape index (κ1) is 31.3. The Bertz CT molecular complexity index is 1530. The van der Waals surface area contributed by atoms with Crippen molar-refractivity contribution in [2.24, 2.45) is 4.99 Å². The summed E-state index contributed by atoms with van der Waals surface area (Å²) in [6.07, 6.45) is 9.24. The van der Waals surface area contributed by atoms with Gasteiger partial charge in [-0.1, -0.05) is 37.7 Å². The normalized spacial score (nSPS) is 17.9. The molecule has 2 saturated heterocycles. The lowest BCUT2D eigenvalue weighted by Crippen LogP contribution is -2.52. The molecule has 0 radical (unpaired) electrons. The van der Waals surface area contributed by atoms with Gasteiger partial charge in [-0.3, -0.25) is 19.7 Å². The van der Waals surface area contributed by atoms with Crippen molar-refractivity contribution in [2.45, 2.75) is 58.9 Å². The number of rotatable bonds is 8. The largest absolute Gasteiger partial charge is 0.371 e. The number of aryl methyl sites for hydroxylation is 1. The van der Waals surface area contributed by atoms with Crippen LogP contribution in [0.4, 0.5) is 5.82 Å². The van der Waals surface area contributed by atoms with Gasteiger partial charge >= 0.3 is 0 Å². The van der Waals surface area contributed by atoms with Gasteiger partial charge in [-0.15, -0.1) is 5.10 Å². The number of hydrogen-bond acceptors (Lipinski definition) is 10. The third-order valence-electron chi connectivity index (χ3n) is 8.37. The Labute approximate surface area is 259 Å². The maximum atomic E-state index is 13.0. The number of carbonyl (C=O) groups excluding carboxylic acids is 1. The molecule has 12 nitrogen and oxygen atoms in total. The number of anilines is 1. The predicted molar refractivity (Wildman–Crippen MR) is 172 cm³/mol. The predicted octanol–water partition coefficient (Wildman–Crippen LogP) is 4.17. The lowest BCUT2D eigenvalue weighted by molar-refractivity contribution is 0.0772. The van der Waals surface area contributed by atoms with E-state index >= 15 is 0 Å². The summed E-state index contributed by atoms with van der Waals surface area (Å²) >= 11 is 0. The van der Waals surface area contributed by atoms with E-state index in [4.69, 9.17) is 4.52 Å². The molecule has 0 unspecified atom stereocenters. The maximum Gasteiger partial charge on any atom is 0.258 e. The number of aliphatic imine (C=N–C) groups is 1. The van der Waals surface area contributed by atoms with E-state index in [0.29, 0.717) is 40.3 Å². The van der Waals surface area contributed by atoms with Crippen LogP contribution in [-0.4, -0.2) is 104 Å². The Hall–Kier alpha value is -4.16. The van der Waals surface area contributed by atoms with Gasteiger partial charge in [0, 0.05) is 81.1 Å². The number of piperazine rings is 1. The molecule has 0 aromatic carbocycles. The number of pyridine rings is 1. The molecule has 0 bridgehead atoms. The Morgan fingerprint density at radius 2 is 1.86 bits per heavy atom. The third kappa shape index (κ3) is 7.48. The van der Waals surface area contributed by atoms with E-state index in [1.807, 2.05) is 40.8 Å². The van der Waals surface area contributed by atoms with E-state index in [1.165, 1.54) is 6.20 Å². The van der Waals surface area contributed by atoms with E-state index < -0.39 is 0 Å². The summed E-state index contributed by atoms with van der Waals surface area (Å²) in [6.45, 7) is 20.7. The Morgan fingerprint density at radius 1 is 1.14 bits per heavy atom. The van der Waals surface area contributed by atoms with Crippen LogP contribution in [0.2, 0.25) is 0 Å². The van der Waals surface area contributed by atoms with Crippen molar-refractivity contribution < 1.29 is 9.32 Å². The lowest BCUT2D eigenvalue weighted by atomic mass is 9.93. The van der Waals surface area contributed by atoms with E-state index in [-0.39, 0.29) is 11.3 Å². The lowest BCUT2D eigenvalue weighted by Gasteiger charge is -2.42. The molecule has 1 amide bonds. The fraction of sp³-hybridized carbons (Fsp3) is 0.500. The zero-order valence-electron chi connectivity index (χ0n) is 26.7. The van der Waals surface area contributed by atoms with Gasteiger partial charge in [0.15, 0.2) is 5.82 Å². The summed E-state index contributed by atoms with van der Waals surface area (Å²) in [5, 5.41) is 15.4. The molecule has 1 N–H and O–H groups in total. The summed E-state index contributed by atoms with van der Waals surface area (Å²) in [5.74, 6) is 0.690. The van der Waals surface area contributed by atoms with Crippen molar-refractivity contribution in [3.8, 4) is 5.69 Å². The smallest absolute Gasteiger partial charge is 0.258 e. The monoisotopic (exact) mass is 600 g/mol. The first-order valence-electron chi connectivity index (χ1n) is 15.2. The van der Waals surface area contributed by atoms with Crippen molar-refractivity contribution in [2.75, 3.05) is 51.6 Å². The van der Waals surface area contributed by atoms with Gasteiger partial charge in [-0.05, 0) is 45.4 Å². The zero-order valence-corrected chi connectivity index (χ0v) is 26.7. The first-order chi connectivity index (χ1) is 21.0. The van der Waals surface area contributed by atoms with Gasteiger partial charge in [0.1, 0.15) is 11.5 Å². The van der Waals surface area contributed by atoms with Crippen LogP contribution < -0.4 is 5.32 Å². The molecular weight excluding hydrogens is 556 g/mol. The summed E-state index contributed by atoms with van der Waals surface area (Å²) in [4.78, 5) is 29.3. The standard InChI is InChI=1S/C32H44N10O2/c1-22(18-33-19-23(2)40-10-8-26(9-11-40)41-14-12-39(7)13-15-41)27-21-42(38-36-27)28-16-25(20-34-24(28)3)31(43)35-30-17-29(44-37-30)32(4,5)6/h16-21,26H,2,8-15H2,1,3-7H3,(H,35,37,43)/b22-18+,33-19?. The topological polar surface area (TPSA) is 121 Å². The highest BCUT2D eigenvalue weighted by Crippen LogP contribution is 2.25. The molecule has 12 heteroatoms. The molecule has 0 atom stereocenters. The Balaban J connectivity index is 1.18. The highest BCUT2D eigenvalue weighted by atomic mass is 16.5. The second kappa shape index (κ2) is 13.2. The van der Waals surface area contributed by atoms with Crippen LogP contribution in [0.3, 0.4) is 0 Å². The van der Waals surface area contributed by atoms with Crippen LogP contribution in [0.1, 0.15) is 68.0 Å². The molecule has 44 heavy (non-hydrogen) atoms. The number of nitrogens with one attached hydrogen (secondary N) is 1. The van der Waals surface area contributed by atoms with Crippen LogP contribution in [0.25, 0.3) is 11.3 Å². The molecule has 234 valence electrons. The number of likely N-dealkylation sites (N-methyl/N-ethyl adjacent to an activating group) is 1. The SMILES string of the molecule is C=C(C=N/C=C(\C)c1cn(-c2cc(C(=O)Nc3cc(C(C)(C)C)on3)cnc2C)nn1)N1CCC(N2CCN(C)CC2)CC1. The van der Waals surface area contributed by atoms with Gasteiger partial charge < -0.3 is 19.6 Å². The molecule has 2 aliphatic rings. The fourth-order valence-electron chi connectivity index (χ4n) is 5.40. The molecule has 3 aromatic rings. The van der Waals surface area contributed by atoms with Gasteiger partial charge in [0.05, 0.1) is 23.1 Å². The van der Waals surface area contributed by atoms with Gasteiger partial charge in [0.25, 0.3) is 5.91 Å². The number of aromatic nitrogens is 5. The van der Waals surface area contributed by atoms with Crippen LogP contribution >= 0.6 is 0 Å². The number of amides is 1. The van der Waals surface area contributed by atoms with E-state index in [0.717, 1.165) is 63.4 Å². The maximum absolute atomic E-state index is 13.0. The minimum absolute atomic E-state index is 0.215. The van der Waals surface area contributed by atoms with Crippen molar-refractivity contribution in [3.05, 3.63) is 65.7 Å². The number of piperidine rings is 1. The molecule has 5 rings (SSSR count). The minimum Gasteiger partial charge on any atom is -0.371 e. The highest BCUT2D eigenvalue weighted by Gasteiger charge is 2.27. The minimum atomic E-state index is -0.345. The first-order valence-corrected chi connectivity index (χ1v) is 15.2. The molecule has 5 heterocycles. The Morgan fingerprint density at radius 3 is 2.55 bits per heavy atom. The molecule has 0 aliphatic carbocycles. The van der Waals surface area contributed by atoms with Crippen LogP contribution in [0.5, 0.6) is 0 Å². The second-order valence-electron chi connectivity index (χ2n) is 12.8. The van der Waals surface area contributed by atoms with Crippen LogP contribution in [0.15, 0.2) is 52.5 Å². The van der Waals surface area contributed by atoms with Crippen molar-refractivity contribution in [3.63, 3.8) is 0 Å². The average Bonchev–Trinajstić information content (AvgIpc) is 3.68. The average molecular weight is 601 g/mol. The zero-order chi connectivity index (χ0) is 31.4. The highest BCUT2D eigenvalue weighted by molar-refractivity contribution is 6.03. The van der Waals surface area contributed by atoms with E-state index in [1.54, 1.807) is 29.2 Å². The summed E-state index contributed by atoms with van der Waals surface area (Å²) < 4.78 is 6.99. The molecule has 0 saturated carbocycles. The number of carbonyl (C=O) groups is 1. The summed E-state index contributed by atoms with van der Waals surface area (Å²) in [5.41, 5.74) is 3.96. The quantitative estimate of drug-likeness (QED) is 0.380. The number of hydrogen-bond donors (Lipinski definition) is 1. The molecule has 2 fully saturated rings. The summed E-state index contributed by atoms with van der Waals surface area (Å²) in [7, 11) is 2.20. The molecule has 0 spiro atoms. The Kier molecular flexibility index (Phi) is 9.40. The van der Waals surface area contributed by atoms with E-state index in [2.05, 4.69) is 59.1 Å². The molecule has 2 aliphatic heterocycles. The van der Waals surface area contributed by atoms with Crippen LogP contribution in [0, 0.1) is 6.92 Å². The third-order valence-corrected chi connectivity index (χ3v) is 8.37. The second-order valence-corrected chi connectivity index (χ2v) is 12.8. The number of likely N-dealkylation sites (tertiary alicyclic amines) is 1. The fourth-order valence-corrected chi connectivity index (χ4v) is 5.40. The molecule has 3 aromatic heterocycles. The van der Waals surface area contributed by atoms with E-state index in [9.17, 15) is 4.79 Å². The van der Waals surface area contributed by atoms with Crippen molar-refractivity contribution in [1.82, 2.24) is 39.8 Å². The van der Waals surface area contributed by atoms with Gasteiger partial charge in [-0.2, -0.15) is 0 Å². The number of allylic oxidation sites excluding steroid dienone is 2. The molecular formula is C32H44N10O2.